The minimum atomic E-state index is 1.18. The summed E-state index contributed by atoms with van der Waals surface area (Å²) >= 11 is 0. The quantitative estimate of drug-likeness (QED) is 0.747. The maximum atomic E-state index is 4.03. The van der Waals surface area contributed by atoms with Gasteiger partial charge in [0.25, 0.3) is 0 Å². The lowest BCUT2D eigenvalue weighted by atomic mass is 10.1. The number of nitrogens with one attached hydrogen (secondary N) is 1. The van der Waals surface area contributed by atoms with Gasteiger partial charge in [-0.25, -0.2) is 0 Å². The minimum Gasteiger partial charge on any atom is -0.357 e. The van der Waals surface area contributed by atoms with Crippen LogP contribution in [0.25, 0.3) is 0 Å². The zero-order chi connectivity index (χ0) is 10.4. The molecule has 2 rings (SSSR count). The van der Waals surface area contributed by atoms with Crippen molar-refractivity contribution in [2.24, 2.45) is 0 Å². The van der Waals surface area contributed by atoms with Crippen LogP contribution in [0.1, 0.15) is 38.7 Å². The number of aryl methyl sites for hydroxylation is 1. The number of anilines is 1. The van der Waals surface area contributed by atoms with Gasteiger partial charge < -0.3 is 4.90 Å². The van der Waals surface area contributed by atoms with E-state index in [9.17, 15) is 0 Å². The molecule has 1 N–H and O–H groups in total. The molecule has 14 heavy (non-hydrogen) atoms. The second-order valence-electron chi connectivity index (χ2n) is 3.45. The summed E-state index contributed by atoms with van der Waals surface area (Å²) in [6.07, 6.45) is 5.91. The van der Waals surface area contributed by atoms with Crippen LogP contribution in [0.2, 0.25) is 0 Å². The van der Waals surface area contributed by atoms with Crippen LogP contribution < -0.4 is 4.90 Å². The Kier molecular flexibility index (Phi) is 4.50. The van der Waals surface area contributed by atoms with E-state index in [4.69, 9.17) is 0 Å². The van der Waals surface area contributed by atoms with Gasteiger partial charge in [-0.15, -0.1) is 0 Å². The highest BCUT2D eigenvalue weighted by molar-refractivity contribution is 5.44. The molecule has 2 heterocycles. The van der Waals surface area contributed by atoms with E-state index in [0.29, 0.717) is 0 Å². The fraction of sp³-hybridized carbons (Fsp3) is 0.727. The highest BCUT2D eigenvalue weighted by Crippen LogP contribution is 2.19. The first-order valence-electron chi connectivity index (χ1n) is 5.63. The number of rotatable bonds is 1. The smallest absolute Gasteiger partial charge is 0.126 e. The number of aromatic amines is 1. The van der Waals surface area contributed by atoms with E-state index in [-0.39, 0.29) is 0 Å². The van der Waals surface area contributed by atoms with Crippen molar-refractivity contribution in [2.75, 3.05) is 18.0 Å². The van der Waals surface area contributed by atoms with Gasteiger partial charge in [-0.05, 0) is 26.2 Å². The third kappa shape index (κ3) is 2.50. The van der Waals surface area contributed by atoms with Crippen LogP contribution >= 0.6 is 0 Å². The summed E-state index contributed by atoms with van der Waals surface area (Å²) in [6, 6.07) is 0. The topological polar surface area (TPSA) is 31.9 Å². The van der Waals surface area contributed by atoms with Crippen LogP contribution in [0.5, 0.6) is 0 Å². The molecule has 1 fully saturated rings. The van der Waals surface area contributed by atoms with Gasteiger partial charge >= 0.3 is 0 Å². The lowest BCUT2D eigenvalue weighted by molar-refractivity contribution is 0.572. The number of nitrogens with zero attached hydrogens (tertiary/aromatic N) is 2. The van der Waals surface area contributed by atoms with E-state index in [1.807, 2.05) is 20.0 Å². The first kappa shape index (κ1) is 11.1. The van der Waals surface area contributed by atoms with Gasteiger partial charge in [0, 0.05) is 18.7 Å². The molecule has 0 aliphatic carbocycles. The van der Waals surface area contributed by atoms with Crippen molar-refractivity contribution in [2.45, 2.75) is 40.0 Å². The molecule has 1 aliphatic rings. The van der Waals surface area contributed by atoms with Crippen molar-refractivity contribution in [3.63, 3.8) is 0 Å². The fourth-order valence-corrected chi connectivity index (χ4v) is 1.78. The molecule has 0 radical (unpaired) electrons. The SMILES string of the molecule is CC.Cc1cn[nH]c1N1CCCCC1. The summed E-state index contributed by atoms with van der Waals surface area (Å²) in [5.41, 5.74) is 1.26. The monoisotopic (exact) mass is 195 g/mol. The molecule has 0 bridgehead atoms. The molecule has 0 spiro atoms. The third-order valence-electron chi connectivity index (χ3n) is 2.47. The van der Waals surface area contributed by atoms with E-state index in [1.54, 1.807) is 0 Å². The summed E-state index contributed by atoms with van der Waals surface area (Å²) < 4.78 is 0. The number of aromatic nitrogens is 2. The van der Waals surface area contributed by atoms with Gasteiger partial charge in [0.05, 0.1) is 6.20 Å². The van der Waals surface area contributed by atoms with Crippen molar-refractivity contribution < 1.29 is 0 Å². The summed E-state index contributed by atoms with van der Waals surface area (Å²) in [5.74, 6) is 1.22. The molecular weight excluding hydrogens is 174 g/mol. The molecule has 80 valence electrons. The Morgan fingerprint density at radius 1 is 1.21 bits per heavy atom. The molecule has 1 aromatic heterocycles. The molecular formula is C11H21N3. The number of piperidine rings is 1. The summed E-state index contributed by atoms with van der Waals surface area (Å²) in [5, 5.41) is 7.08. The van der Waals surface area contributed by atoms with Crippen LogP contribution in [0, 0.1) is 6.92 Å². The molecule has 0 amide bonds. The van der Waals surface area contributed by atoms with Crippen molar-refractivity contribution in [3.8, 4) is 0 Å². The highest BCUT2D eigenvalue weighted by atomic mass is 15.3. The van der Waals surface area contributed by atoms with Gasteiger partial charge in [-0.2, -0.15) is 5.10 Å². The van der Waals surface area contributed by atoms with Gasteiger partial charge in [0.15, 0.2) is 0 Å². The third-order valence-corrected chi connectivity index (χ3v) is 2.47. The molecule has 1 aromatic rings. The van der Waals surface area contributed by atoms with Crippen LogP contribution in [0.4, 0.5) is 5.82 Å². The average molecular weight is 195 g/mol. The lowest BCUT2D eigenvalue weighted by Gasteiger charge is -2.27. The van der Waals surface area contributed by atoms with Gasteiger partial charge in [-0.1, -0.05) is 13.8 Å². The van der Waals surface area contributed by atoms with Crippen molar-refractivity contribution >= 4 is 5.82 Å². The second kappa shape index (κ2) is 5.68. The predicted octanol–water partition coefficient (Wildman–Crippen LogP) is 2.73. The molecule has 0 saturated carbocycles. The van der Waals surface area contributed by atoms with E-state index < -0.39 is 0 Å². The maximum Gasteiger partial charge on any atom is 0.126 e. The van der Waals surface area contributed by atoms with E-state index in [2.05, 4.69) is 22.0 Å². The zero-order valence-electron chi connectivity index (χ0n) is 9.51. The second-order valence-corrected chi connectivity index (χ2v) is 3.45. The number of H-pyrrole nitrogens is 1. The Morgan fingerprint density at radius 2 is 1.86 bits per heavy atom. The fourth-order valence-electron chi connectivity index (χ4n) is 1.78. The predicted molar refractivity (Wildman–Crippen MR) is 60.7 cm³/mol. The Hall–Kier alpha value is -0.990. The minimum absolute atomic E-state index is 1.18. The normalized spacial score (nSPS) is 16.1. The molecule has 3 heteroatoms. The van der Waals surface area contributed by atoms with Crippen molar-refractivity contribution in [1.82, 2.24) is 10.2 Å². The molecule has 3 nitrogen and oxygen atoms in total. The summed E-state index contributed by atoms with van der Waals surface area (Å²) in [4.78, 5) is 2.39. The zero-order valence-corrected chi connectivity index (χ0v) is 9.51. The Bertz CT molecular complexity index is 249. The Balaban J connectivity index is 0.000000461. The molecule has 0 aromatic carbocycles. The van der Waals surface area contributed by atoms with Crippen LogP contribution in [-0.2, 0) is 0 Å². The Morgan fingerprint density at radius 3 is 2.36 bits per heavy atom. The highest BCUT2D eigenvalue weighted by Gasteiger charge is 2.13. The maximum absolute atomic E-state index is 4.03. The van der Waals surface area contributed by atoms with E-state index >= 15 is 0 Å². The largest absolute Gasteiger partial charge is 0.357 e. The van der Waals surface area contributed by atoms with E-state index in [1.165, 1.54) is 43.7 Å². The first-order valence-corrected chi connectivity index (χ1v) is 5.63. The summed E-state index contributed by atoms with van der Waals surface area (Å²) in [7, 11) is 0. The molecule has 1 aliphatic heterocycles. The van der Waals surface area contributed by atoms with Crippen molar-refractivity contribution in [3.05, 3.63) is 11.8 Å². The van der Waals surface area contributed by atoms with E-state index in [0.717, 1.165) is 0 Å². The average Bonchev–Trinajstić information content (AvgIpc) is 2.69. The van der Waals surface area contributed by atoms with Gasteiger partial charge in [-0.3, -0.25) is 5.10 Å². The lowest BCUT2D eigenvalue weighted by Crippen LogP contribution is -2.30. The number of hydrogen-bond acceptors (Lipinski definition) is 2. The van der Waals surface area contributed by atoms with Crippen LogP contribution in [0.3, 0.4) is 0 Å². The number of hydrogen-bond donors (Lipinski definition) is 1. The van der Waals surface area contributed by atoms with Crippen LogP contribution in [-0.4, -0.2) is 23.3 Å². The van der Waals surface area contributed by atoms with Crippen LogP contribution in [0.15, 0.2) is 6.20 Å². The summed E-state index contributed by atoms with van der Waals surface area (Å²) in [6.45, 7) is 8.47. The standard InChI is InChI=1S/C9H15N3.C2H6/c1-8-7-10-11-9(8)12-5-3-2-4-6-12;1-2/h7H,2-6H2,1H3,(H,10,11);1-2H3. The van der Waals surface area contributed by atoms with Crippen molar-refractivity contribution in [1.29, 1.82) is 0 Å². The molecule has 0 atom stereocenters. The Labute approximate surface area is 86.5 Å². The van der Waals surface area contributed by atoms with Gasteiger partial charge in [0.1, 0.15) is 5.82 Å². The molecule has 0 unspecified atom stereocenters. The first-order chi connectivity index (χ1) is 6.88. The molecule has 1 saturated heterocycles. The van der Waals surface area contributed by atoms with Gasteiger partial charge in [0.2, 0.25) is 0 Å².